The molecule has 1 fully saturated rings. The van der Waals surface area contributed by atoms with E-state index >= 15 is 0 Å². The van der Waals surface area contributed by atoms with Crippen LogP contribution in [0.2, 0.25) is 0 Å². The van der Waals surface area contributed by atoms with Crippen molar-refractivity contribution in [1.82, 2.24) is 4.72 Å². The minimum Gasteiger partial charge on any atom is -0.495 e. The molecule has 0 spiro atoms. The Morgan fingerprint density at radius 2 is 1.71 bits per heavy atom. The van der Waals surface area contributed by atoms with Crippen LogP contribution in [0.15, 0.2) is 41.3 Å². The van der Waals surface area contributed by atoms with Gasteiger partial charge in [0.25, 0.3) is 0 Å². The molecule has 0 unspecified atom stereocenters. The lowest BCUT2D eigenvalue weighted by Gasteiger charge is -2.20. The lowest BCUT2D eigenvalue weighted by atomic mass is 10.1. The monoisotopic (exact) mass is 446 g/mol. The number of amides is 2. The van der Waals surface area contributed by atoms with E-state index in [0.29, 0.717) is 5.75 Å². The molecule has 0 bridgehead atoms. The van der Waals surface area contributed by atoms with Crippen molar-refractivity contribution in [3.8, 4) is 11.5 Å². The molecule has 0 aromatic heterocycles. The third-order valence-electron chi connectivity index (χ3n) is 5.09. The number of rotatable bonds is 8. The summed E-state index contributed by atoms with van der Waals surface area (Å²) in [5.41, 5.74) is 2.35. The van der Waals surface area contributed by atoms with E-state index < -0.39 is 16.1 Å². The highest BCUT2D eigenvalue weighted by atomic mass is 32.2. The Bertz CT molecular complexity index is 1100. The molecule has 1 N–H and O–H groups in total. The topological polar surface area (TPSA) is 102 Å². The number of benzene rings is 2. The van der Waals surface area contributed by atoms with Gasteiger partial charge in [-0.25, -0.2) is 18.0 Å². The number of methoxy groups -OCH3 is 1. The van der Waals surface area contributed by atoms with Crippen LogP contribution in [0.4, 0.5) is 5.69 Å². The quantitative estimate of drug-likeness (QED) is 0.626. The SMILES string of the molecule is COc1ccc(S(=O)(=O)N[C@H](C)COc2ccc(C)c(C)c2)cc1N1C(=O)CCC1=O. The fourth-order valence-corrected chi connectivity index (χ4v) is 4.50. The molecule has 2 aromatic rings. The van der Waals surface area contributed by atoms with Crippen molar-refractivity contribution < 1.29 is 27.5 Å². The van der Waals surface area contributed by atoms with Gasteiger partial charge in [-0.2, -0.15) is 0 Å². The van der Waals surface area contributed by atoms with Crippen LogP contribution in [0.5, 0.6) is 11.5 Å². The second-order valence-electron chi connectivity index (χ2n) is 7.54. The van der Waals surface area contributed by atoms with Crippen molar-refractivity contribution in [2.75, 3.05) is 18.6 Å². The molecular formula is C22H26N2O6S. The molecule has 3 rings (SSSR count). The largest absolute Gasteiger partial charge is 0.495 e. The lowest BCUT2D eigenvalue weighted by molar-refractivity contribution is -0.121. The predicted octanol–water partition coefficient (Wildman–Crippen LogP) is 2.71. The number of imide groups is 1. The van der Waals surface area contributed by atoms with Crippen LogP contribution >= 0.6 is 0 Å². The van der Waals surface area contributed by atoms with Crippen molar-refractivity contribution in [3.05, 3.63) is 47.5 Å². The van der Waals surface area contributed by atoms with Gasteiger partial charge in [-0.05, 0) is 62.2 Å². The molecule has 0 saturated carbocycles. The summed E-state index contributed by atoms with van der Waals surface area (Å²) in [6.45, 7) is 5.80. The average molecular weight is 447 g/mol. The molecule has 0 radical (unpaired) electrons. The van der Waals surface area contributed by atoms with E-state index in [-0.39, 0.29) is 47.6 Å². The molecular weight excluding hydrogens is 420 g/mol. The first kappa shape index (κ1) is 22.8. The number of carbonyl (C=O) groups excluding carboxylic acids is 2. The van der Waals surface area contributed by atoms with E-state index in [1.165, 1.54) is 25.3 Å². The van der Waals surface area contributed by atoms with Crippen LogP contribution < -0.4 is 19.1 Å². The number of anilines is 1. The lowest BCUT2D eigenvalue weighted by Crippen LogP contribution is -2.37. The van der Waals surface area contributed by atoms with Crippen LogP contribution in [-0.4, -0.2) is 40.0 Å². The third-order valence-corrected chi connectivity index (χ3v) is 6.67. The second kappa shape index (κ2) is 9.07. The van der Waals surface area contributed by atoms with E-state index in [4.69, 9.17) is 9.47 Å². The zero-order valence-electron chi connectivity index (χ0n) is 18.0. The second-order valence-corrected chi connectivity index (χ2v) is 9.25. The van der Waals surface area contributed by atoms with Crippen LogP contribution in [0.1, 0.15) is 30.9 Å². The molecule has 0 aliphatic carbocycles. The predicted molar refractivity (Wildman–Crippen MR) is 116 cm³/mol. The number of nitrogens with zero attached hydrogens (tertiary/aromatic N) is 1. The van der Waals surface area contributed by atoms with Crippen LogP contribution in [0.3, 0.4) is 0 Å². The normalized spacial score (nSPS) is 15.3. The first-order valence-corrected chi connectivity index (χ1v) is 11.4. The summed E-state index contributed by atoms with van der Waals surface area (Å²) < 4.78 is 39.3. The van der Waals surface area contributed by atoms with E-state index in [2.05, 4.69) is 4.72 Å². The Morgan fingerprint density at radius 3 is 2.32 bits per heavy atom. The van der Waals surface area contributed by atoms with E-state index in [1.54, 1.807) is 6.92 Å². The molecule has 8 nitrogen and oxygen atoms in total. The van der Waals surface area contributed by atoms with Gasteiger partial charge in [-0.15, -0.1) is 0 Å². The number of carbonyl (C=O) groups is 2. The summed E-state index contributed by atoms with van der Waals surface area (Å²) in [6, 6.07) is 9.23. The smallest absolute Gasteiger partial charge is 0.241 e. The van der Waals surface area contributed by atoms with Crippen LogP contribution in [0, 0.1) is 13.8 Å². The van der Waals surface area contributed by atoms with Gasteiger partial charge in [0.2, 0.25) is 21.8 Å². The summed E-state index contributed by atoms with van der Waals surface area (Å²) in [5, 5.41) is 0. The minimum atomic E-state index is -3.93. The van der Waals surface area contributed by atoms with E-state index in [0.717, 1.165) is 16.0 Å². The molecule has 1 atom stereocenters. The van der Waals surface area contributed by atoms with Crippen molar-refractivity contribution >= 4 is 27.5 Å². The van der Waals surface area contributed by atoms with Crippen LogP contribution in [0.25, 0.3) is 0 Å². The van der Waals surface area contributed by atoms with Gasteiger partial charge in [-0.1, -0.05) is 6.07 Å². The first-order chi connectivity index (χ1) is 14.6. The molecule has 9 heteroatoms. The maximum absolute atomic E-state index is 12.9. The Balaban J connectivity index is 1.76. The zero-order chi connectivity index (χ0) is 22.8. The molecule has 31 heavy (non-hydrogen) atoms. The molecule has 1 aliphatic heterocycles. The van der Waals surface area contributed by atoms with Crippen molar-refractivity contribution in [1.29, 1.82) is 0 Å². The Labute approximate surface area is 182 Å². The number of hydrogen-bond acceptors (Lipinski definition) is 6. The number of sulfonamides is 1. The highest BCUT2D eigenvalue weighted by Gasteiger charge is 2.33. The zero-order valence-corrected chi connectivity index (χ0v) is 18.8. The third kappa shape index (κ3) is 5.05. The van der Waals surface area contributed by atoms with E-state index in [1.807, 2.05) is 32.0 Å². The van der Waals surface area contributed by atoms with Gasteiger partial charge in [0.05, 0.1) is 23.7 Å². The standard InChI is InChI=1S/C22H26N2O6S/c1-14-5-6-17(11-15(14)2)30-13-16(3)23-31(27,28)18-7-8-20(29-4)19(12-18)24-21(25)9-10-22(24)26/h5-8,11-12,16,23H,9-10,13H2,1-4H3/t16-/m1/s1. The number of nitrogens with one attached hydrogen (secondary N) is 1. The van der Waals surface area contributed by atoms with Gasteiger partial charge in [0.1, 0.15) is 18.1 Å². The van der Waals surface area contributed by atoms with Gasteiger partial charge >= 0.3 is 0 Å². The van der Waals surface area contributed by atoms with Gasteiger partial charge in [0.15, 0.2) is 0 Å². The van der Waals surface area contributed by atoms with E-state index in [9.17, 15) is 18.0 Å². The molecule has 1 saturated heterocycles. The van der Waals surface area contributed by atoms with Crippen molar-refractivity contribution in [3.63, 3.8) is 0 Å². The fraction of sp³-hybridized carbons (Fsp3) is 0.364. The molecule has 2 amide bonds. The maximum atomic E-state index is 12.9. The average Bonchev–Trinajstić information content (AvgIpc) is 3.06. The molecule has 1 aliphatic rings. The van der Waals surface area contributed by atoms with Crippen molar-refractivity contribution in [2.45, 2.75) is 44.6 Å². The molecule has 2 aromatic carbocycles. The van der Waals surface area contributed by atoms with Crippen molar-refractivity contribution in [2.24, 2.45) is 0 Å². The summed E-state index contributed by atoms with van der Waals surface area (Å²) in [5.74, 6) is 0.127. The Morgan fingerprint density at radius 1 is 1.03 bits per heavy atom. The highest BCUT2D eigenvalue weighted by Crippen LogP contribution is 2.34. The molecule has 1 heterocycles. The minimum absolute atomic E-state index is 0.0752. The Kier molecular flexibility index (Phi) is 6.66. The summed E-state index contributed by atoms with van der Waals surface area (Å²) >= 11 is 0. The van der Waals surface area contributed by atoms with Gasteiger partial charge < -0.3 is 9.47 Å². The highest BCUT2D eigenvalue weighted by molar-refractivity contribution is 7.89. The van der Waals surface area contributed by atoms with Gasteiger partial charge in [-0.3, -0.25) is 9.59 Å². The number of aryl methyl sites for hydroxylation is 2. The molecule has 166 valence electrons. The summed E-state index contributed by atoms with van der Waals surface area (Å²) in [7, 11) is -2.53. The van der Waals surface area contributed by atoms with Crippen LogP contribution in [-0.2, 0) is 19.6 Å². The maximum Gasteiger partial charge on any atom is 0.241 e. The number of ether oxygens (including phenoxy) is 2. The fourth-order valence-electron chi connectivity index (χ4n) is 3.25. The number of hydrogen-bond donors (Lipinski definition) is 1. The Hall–Kier alpha value is -2.91. The van der Waals surface area contributed by atoms with Gasteiger partial charge in [0, 0.05) is 12.8 Å². The summed E-state index contributed by atoms with van der Waals surface area (Å²) in [6.07, 6.45) is 0.175. The summed E-state index contributed by atoms with van der Waals surface area (Å²) in [4.78, 5) is 25.2. The first-order valence-electron chi connectivity index (χ1n) is 9.88.